The Labute approximate surface area is 108 Å². The van der Waals surface area contributed by atoms with Gasteiger partial charge >= 0.3 is 5.97 Å². The zero-order chi connectivity index (χ0) is 13.2. The van der Waals surface area contributed by atoms with Gasteiger partial charge in [0.25, 0.3) is 0 Å². The SMILES string of the molecule is CC(C)(NCc1cc(-c2cccs2)on1)C(=O)O. The summed E-state index contributed by atoms with van der Waals surface area (Å²) in [7, 11) is 0. The fourth-order valence-electron chi connectivity index (χ4n) is 1.32. The van der Waals surface area contributed by atoms with Crippen molar-refractivity contribution in [3.05, 3.63) is 29.3 Å². The maximum atomic E-state index is 10.9. The smallest absolute Gasteiger partial charge is 0.323 e. The molecule has 0 bridgehead atoms. The van der Waals surface area contributed by atoms with Gasteiger partial charge in [-0.05, 0) is 25.3 Å². The van der Waals surface area contributed by atoms with E-state index in [-0.39, 0.29) is 0 Å². The number of carboxylic acids is 1. The predicted octanol–water partition coefficient (Wildman–Crippen LogP) is 2.36. The third-order valence-corrected chi connectivity index (χ3v) is 3.45. The van der Waals surface area contributed by atoms with E-state index in [0.717, 1.165) is 4.88 Å². The van der Waals surface area contributed by atoms with Crippen molar-refractivity contribution in [1.82, 2.24) is 10.5 Å². The maximum absolute atomic E-state index is 10.9. The average Bonchev–Trinajstić information content (AvgIpc) is 2.97. The Morgan fingerprint density at radius 3 is 3.00 bits per heavy atom. The Hall–Kier alpha value is -1.66. The molecular weight excluding hydrogens is 252 g/mol. The van der Waals surface area contributed by atoms with E-state index >= 15 is 0 Å². The highest BCUT2D eigenvalue weighted by Gasteiger charge is 2.26. The van der Waals surface area contributed by atoms with E-state index in [4.69, 9.17) is 9.63 Å². The third kappa shape index (κ3) is 2.77. The summed E-state index contributed by atoms with van der Waals surface area (Å²) in [6.45, 7) is 3.57. The second-order valence-corrected chi connectivity index (χ2v) is 5.39. The molecule has 0 saturated carbocycles. The minimum absolute atomic E-state index is 0.355. The summed E-state index contributed by atoms with van der Waals surface area (Å²) in [5, 5.41) is 17.8. The van der Waals surface area contributed by atoms with Crippen LogP contribution in [0.15, 0.2) is 28.1 Å². The number of hydrogen-bond acceptors (Lipinski definition) is 5. The second-order valence-electron chi connectivity index (χ2n) is 4.44. The van der Waals surface area contributed by atoms with Crippen LogP contribution in [-0.2, 0) is 11.3 Å². The first-order valence-corrected chi connectivity index (χ1v) is 6.35. The summed E-state index contributed by atoms with van der Waals surface area (Å²) in [6.07, 6.45) is 0. The summed E-state index contributed by atoms with van der Waals surface area (Å²) < 4.78 is 5.21. The highest BCUT2D eigenvalue weighted by molar-refractivity contribution is 7.13. The number of hydrogen-bond donors (Lipinski definition) is 2. The van der Waals surface area contributed by atoms with Crippen LogP contribution in [0.1, 0.15) is 19.5 Å². The highest BCUT2D eigenvalue weighted by Crippen LogP contribution is 2.25. The zero-order valence-corrected chi connectivity index (χ0v) is 11.0. The van der Waals surface area contributed by atoms with Gasteiger partial charge in [0.1, 0.15) is 5.54 Å². The van der Waals surface area contributed by atoms with Gasteiger partial charge in [-0.1, -0.05) is 11.2 Å². The molecule has 2 N–H and O–H groups in total. The Balaban J connectivity index is 2.02. The van der Waals surface area contributed by atoms with Gasteiger partial charge in [0, 0.05) is 12.6 Å². The highest BCUT2D eigenvalue weighted by atomic mass is 32.1. The third-order valence-electron chi connectivity index (χ3n) is 2.57. The molecule has 0 saturated heterocycles. The van der Waals surface area contributed by atoms with Crippen molar-refractivity contribution < 1.29 is 14.4 Å². The van der Waals surface area contributed by atoms with Gasteiger partial charge in [0.15, 0.2) is 5.76 Å². The molecule has 0 unspecified atom stereocenters. The molecule has 0 aliphatic heterocycles. The molecule has 0 aliphatic carbocycles. The van der Waals surface area contributed by atoms with Crippen LogP contribution in [0.25, 0.3) is 10.6 Å². The molecule has 18 heavy (non-hydrogen) atoms. The van der Waals surface area contributed by atoms with E-state index in [9.17, 15) is 4.79 Å². The second kappa shape index (κ2) is 4.91. The van der Waals surface area contributed by atoms with Gasteiger partial charge in [-0.15, -0.1) is 11.3 Å². The Kier molecular flexibility index (Phi) is 3.49. The fraction of sp³-hybridized carbons (Fsp3) is 0.333. The van der Waals surface area contributed by atoms with Gasteiger partial charge in [0.05, 0.1) is 10.6 Å². The quantitative estimate of drug-likeness (QED) is 0.868. The van der Waals surface area contributed by atoms with Crippen LogP contribution in [0.2, 0.25) is 0 Å². The summed E-state index contributed by atoms with van der Waals surface area (Å²) in [6, 6.07) is 5.70. The fourth-order valence-corrected chi connectivity index (χ4v) is 1.99. The maximum Gasteiger partial charge on any atom is 0.323 e. The van der Waals surface area contributed by atoms with Crippen molar-refractivity contribution in [1.29, 1.82) is 0 Å². The van der Waals surface area contributed by atoms with Crippen molar-refractivity contribution >= 4 is 17.3 Å². The van der Waals surface area contributed by atoms with E-state index in [0.29, 0.717) is 18.0 Å². The molecule has 96 valence electrons. The molecule has 2 rings (SSSR count). The van der Waals surface area contributed by atoms with Gasteiger partial charge in [0.2, 0.25) is 0 Å². The van der Waals surface area contributed by atoms with E-state index < -0.39 is 11.5 Å². The summed E-state index contributed by atoms with van der Waals surface area (Å²) in [5.74, 6) is -0.195. The lowest BCUT2D eigenvalue weighted by Gasteiger charge is -2.19. The predicted molar refractivity (Wildman–Crippen MR) is 68.4 cm³/mol. The number of nitrogens with one attached hydrogen (secondary N) is 1. The number of aromatic nitrogens is 1. The standard InChI is InChI=1S/C12H14N2O3S/c1-12(2,11(15)16)13-7-8-6-9(17-14-8)10-4-3-5-18-10/h3-6,13H,7H2,1-2H3,(H,15,16). The number of nitrogens with zero attached hydrogens (tertiary/aromatic N) is 1. The number of carbonyl (C=O) groups is 1. The minimum Gasteiger partial charge on any atom is -0.480 e. The van der Waals surface area contributed by atoms with Gasteiger partial charge < -0.3 is 9.63 Å². The summed E-state index contributed by atoms with van der Waals surface area (Å²) >= 11 is 1.57. The average molecular weight is 266 g/mol. The molecule has 2 aromatic heterocycles. The molecule has 2 heterocycles. The monoisotopic (exact) mass is 266 g/mol. The lowest BCUT2D eigenvalue weighted by molar-refractivity contribution is -0.143. The van der Waals surface area contributed by atoms with Gasteiger partial charge in [-0.25, -0.2) is 0 Å². The summed E-state index contributed by atoms with van der Waals surface area (Å²) in [5.41, 5.74) is -0.296. The van der Waals surface area contributed by atoms with Crippen molar-refractivity contribution in [2.24, 2.45) is 0 Å². The molecule has 0 atom stereocenters. The molecule has 0 fully saturated rings. The van der Waals surface area contributed by atoms with Gasteiger partial charge in [-0.2, -0.15) is 0 Å². The molecule has 0 amide bonds. The van der Waals surface area contributed by atoms with Crippen LogP contribution in [0.4, 0.5) is 0 Å². The first kappa shape index (κ1) is 12.8. The Morgan fingerprint density at radius 2 is 2.39 bits per heavy atom. The number of thiophene rings is 1. The van der Waals surface area contributed by atoms with Crippen LogP contribution in [-0.4, -0.2) is 21.8 Å². The zero-order valence-electron chi connectivity index (χ0n) is 10.1. The van der Waals surface area contributed by atoms with Crippen molar-refractivity contribution in [3.63, 3.8) is 0 Å². The molecule has 6 heteroatoms. The van der Waals surface area contributed by atoms with Crippen LogP contribution in [0, 0.1) is 0 Å². The largest absolute Gasteiger partial charge is 0.480 e. The Bertz CT molecular complexity index is 531. The Morgan fingerprint density at radius 1 is 1.61 bits per heavy atom. The number of rotatable bonds is 5. The lowest BCUT2D eigenvalue weighted by Crippen LogP contribution is -2.46. The van der Waals surface area contributed by atoms with Crippen molar-refractivity contribution in [3.8, 4) is 10.6 Å². The minimum atomic E-state index is -0.984. The number of carboxylic acid groups (broad SMARTS) is 1. The molecule has 0 radical (unpaired) electrons. The first-order valence-electron chi connectivity index (χ1n) is 5.47. The van der Waals surface area contributed by atoms with E-state index in [1.165, 1.54) is 0 Å². The summed E-state index contributed by atoms with van der Waals surface area (Å²) in [4.78, 5) is 11.9. The van der Waals surface area contributed by atoms with E-state index in [1.54, 1.807) is 25.2 Å². The number of aliphatic carboxylic acids is 1. The van der Waals surface area contributed by atoms with Gasteiger partial charge in [-0.3, -0.25) is 10.1 Å². The topological polar surface area (TPSA) is 75.4 Å². The van der Waals surface area contributed by atoms with Crippen molar-refractivity contribution in [2.75, 3.05) is 0 Å². The molecule has 5 nitrogen and oxygen atoms in total. The first-order chi connectivity index (χ1) is 8.49. The van der Waals surface area contributed by atoms with Crippen LogP contribution < -0.4 is 5.32 Å². The van der Waals surface area contributed by atoms with E-state index in [2.05, 4.69) is 10.5 Å². The van der Waals surface area contributed by atoms with Crippen molar-refractivity contribution in [2.45, 2.75) is 25.9 Å². The van der Waals surface area contributed by atoms with Crippen LogP contribution >= 0.6 is 11.3 Å². The molecular formula is C12H14N2O3S. The van der Waals surface area contributed by atoms with E-state index in [1.807, 2.05) is 23.6 Å². The molecule has 0 aliphatic rings. The van der Waals surface area contributed by atoms with Crippen LogP contribution in [0.3, 0.4) is 0 Å². The lowest BCUT2D eigenvalue weighted by atomic mass is 10.1. The molecule has 0 aromatic carbocycles. The van der Waals surface area contributed by atoms with Crippen LogP contribution in [0.5, 0.6) is 0 Å². The molecule has 0 spiro atoms. The normalized spacial score (nSPS) is 11.7. The molecule has 2 aromatic rings.